The van der Waals surface area contributed by atoms with Crippen LogP contribution in [0.5, 0.6) is 5.75 Å². The third-order valence-electron chi connectivity index (χ3n) is 9.12. The summed E-state index contributed by atoms with van der Waals surface area (Å²) in [5.41, 5.74) is 6.29. The first-order chi connectivity index (χ1) is 19.6. The Morgan fingerprint density at radius 3 is 2.50 bits per heavy atom. The maximum atomic E-state index is 13.8. The number of carbonyl (C=O) groups excluding carboxylic acids is 1. The van der Waals surface area contributed by atoms with Crippen molar-refractivity contribution in [2.75, 3.05) is 20.2 Å². The molecule has 1 unspecified atom stereocenters. The predicted octanol–water partition coefficient (Wildman–Crippen LogP) is 6.68. The minimum absolute atomic E-state index is 0.0700. The van der Waals surface area contributed by atoms with E-state index in [4.69, 9.17) is 9.47 Å². The number of piperidine rings is 3. The van der Waals surface area contributed by atoms with E-state index in [0.29, 0.717) is 11.8 Å². The van der Waals surface area contributed by atoms with Gasteiger partial charge < -0.3 is 14.8 Å². The van der Waals surface area contributed by atoms with E-state index in [9.17, 15) is 4.79 Å². The summed E-state index contributed by atoms with van der Waals surface area (Å²) in [6, 6.07) is 24.2. The zero-order valence-corrected chi connectivity index (χ0v) is 22.6. The van der Waals surface area contributed by atoms with Gasteiger partial charge in [0.1, 0.15) is 11.9 Å². The predicted molar refractivity (Wildman–Crippen MR) is 156 cm³/mol. The molecule has 4 aliphatic rings. The first-order valence-corrected chi connectivity index (χ1v) is 14.1. The molecule has 3 aliphatic heterocycles. The van der Waals surface area contributed by atoms with Crippen LogP contribution in [0.25, 0.3) is 22.0 Å². The van der Waals surface area contributed by atoms with Gasteiger partial charge >= 0.3 is 6.09 Å². The van der Waals surface area contributed by atoms with Crippen molar-refractivity contribution >= 4 is 17.0 Å². The number of hydrogen-bond acceptors (Lipinski definition) is 5. The largest absolute Gasteiger partial charge is 0.497 e. The molecule has 3 aromatic carbocycles. The minimum atomic E-state index is -0.460. The van der Waals surface area contributed by atoms with E-state index in [1.807, 2.05) is 54.7 Å². The van der Waals surface area contributed by atoms with Crippen molar-refractivity contribution in [1.29, 1.82) is 0 Å². The smallest absolute Gasteiger partial charge is 0.408 e. The molecule has 6 heteroatoms. The van der Waals surface area contributed by atoms with Gasteiger partial charge in [0.25, 0.3) is 0 Å². The van der Waals surface area contributed by atoms with Crippen LogP contribution in [0.3, 0.4) is 0 Å². The number of amides is 1. The molecule has 4 aromatic rings. The molecule has 1 amide bonds. The highest BCUT2D eigenvalue weighted by molar-refractivity contribution is 5.85. The van der Waals surface area contributed by atoms with Crippen LogP contribution >= 0.6 is 0 Å². The summed E-state index contributed by atoms with van der Waals surface area (Å²) < 4.78 is 12.0. The summed E-state index contributed by atoms with van der Waals surface area (Å²) in [7, 11) is 1.66. The summed E-state index contributed by atoms with van der Waals surface area (Å²) in [5.74, 6) is 1.76. The van der Waals surface area contributed by atoms with Crippen molar-refractivity contribution in [1.82, 2.24) is 15.2 Å². The van der Waals surface area contributed by atoms with Gasteiger partial charge in [-0.1, -0.05) is 54.6 Å². The first kappa shape index (κ1) is 24.9. The zero-order chi connectivity index (χ0) is 27.2. The zero-order valence-electron chi connectivity index (χ0n) is 22.6. The summed E-state index contributed by atoms with van der Waals surface area (Å²) in [6.45, 7) is 6.03. The number of ether oxygens (including phenoxy) is 2. The normalized spacial score (nSPS) is 23.7. The lowest BCUT2D eigenvalue weighted by Crippen LogP contribution is -2.55. The monoisotopic (exact) mass is 531 g/mol. The number of pyridine rings is 1. The van der Waals surface area contributed by atoms with Gasteiger partial charge in [0, 0.05) is 23.7 Å². The number of aromatic nitrogens is 1. The number of methoxy groups -OCH3 is 1. The Bertz CT molecular complexity index is 1560. The molecule has 1 aliphatic carbocycles. The molecule has 0 saturated carbocycles. The van der Waals surface area contributed by atoms with Crippen LogP contribution < -0.4 is 10.1 Å². The molecule has 8 rings (SSSR count). The lowest BCUT2D eigenvalue weighted by Gasteiger charge is -2.51. The fraction of sp³-hybridized carbons (Fsp3) is 0.294. The van der Waals surface area contributed by atoms with Crippen LogP contribution in [0.15, 0.2) is 91.6 Å². The number of benzene rings is 3. The van der Waals surface area contributed by atoms with Crippen LogP contribution in [0, 0.1) is 11.8 Å². The molecule has 0 spiro atoms. The van der Waals surface area contributed by atoms with E-state index in [1.165, 1.54) is 0 Å². The lowest BCUT2D eigenvalue weighted by atomic mass is 9.73. The number of rotatable bonds is 6. The van der Waals surface area contributed by atoms with Crippen LogP contribution in [-0.2, 0) is 4.74 Å². The van der Waals surface area contributed by atoms with Crippen molar-refractivity contribution < 1.29 is 14.3 Å². The van der Waals surface area contributed by atoms with E-state index in [0.717, 1.165) is 70.4 Å². The third kappa shape index (κ3) is 4.14. The molecule has 2 bridgehead atoms. The molecule has 40 heavy (non-hydrogen) atoms. The van der Waals surface area contributed by atoms with E-state index >= 15 is 0 Å². The minimum Gasteiger partial charge on any atom is -0.497 e. The van der Waals surface area contributed by atoms with Gasteiger partial charge in [-0.2, -0.15) is 0 Å². The maximum Gasteiger partial charge on any atom is 0.408 e. The van der Waals surface area contributed by atoms with Gasteiger partial charge in [0.15, 0.2) is 0 Å². The number of alkyl carbamates (subject to hydrolysis) is 1. The van der Waals surface area contributed by atoms with Crippen LogP contribution in [-0.4, -0.2) is 42.2 Å². The molecule has 3 saturated heterocycles. The Morgan fingerprint density at radius 2 is 1.82 bits per heavy atom. The Hall–Kier alpha value is -4.16. The molecule has 6 nitrogen and oxygen atoms in total. The summed E-state index contributed by atoms with van der Waals surface area (Å²) in [4.78, 5) is 20.9. The van der Waals surface area contributed by atoms with Gasteiger partial charge in [-0.15, -0.1) is 6.58 Å². The highest BCUT2D eigenvalue weighted by Crippen LogP contribution is 2.45. The van der Waals surface area contributed by atoms with Crippen molar-refractivity contribution in [2.45, 2.75) is 31.0 Å². The van der Waals surface area contributed by atoms with Crippen LogP contribution in [0.4, 0.5) is 4.79 Å². The number of nitrogens with one attached hydrogen (secondary N) is 1. The molecular weight excluding hydrogens is 498 g/mol. The highest BCUT2D eigenvalue weighted by atomic mass is 16.6. The standard InChI is InChI=1S/C34H33N3O3/c1-3-21-20-37-17-15-22(21)18-31(37)33(28-14-16-35-30-13-12-23(39-2)19-29(28)30)40-34(38)36-32-26-10-6-4-8-24(26)25-9-5-7-11-27(25)32/h3-14,16,19,21-22,31-33H,1,15,17-18,20H2,2H3,(H,36,38)/t21-,22+,31+,33-/m1/s1. The molecule has 4 heterocycles. The number of carbonyl (C=O) groups is 1. The lowest BCUT2D eigenvalue weighted by molar-refractivity contribution is -0.0500. The van der Waals surface area contributed by atoms with Crippen molar-refractivity contribution in [3.05, 3.63) is 108 Å². The number of nitrogens with zero attached hydrogens (tertiary/aromatic N) is 2. The van der Waals surface area contributed by atoms with E-state index in [-0.39, 0.29) is 12.1 Å². The van der Waals surface area contributed by atoms with E-state index in [1.54, 1.807) is 7.11 Å². The van der Waals surface area contributed by atoms with Gasteiger partial charge in [0.05, 0.1) is 24.7 Å². The SMILES string of the molecule is C=C[C@@H]1CN2CC[C@H]1C[C@H]2[C@H](OC(=O)NC1c2ccccc2-c2ccccc21)c1ccnc2ccc(OC)cc12. The Kier molecular flexibility index (Phi) is 6.28. The van der Waals surface area contributed by atoms with Crippen molar-refractivity contribution in [3.63, 3.8) is 0 Å². The second-order valence-corrected chi connectivity index (χ2v) is 11.1. The molecule has 202 valence electrons. The second-order valence-electron chi connectivity index (χ2n) is 11.1. The molecular formula is C34H33N3O3. The molecule has 0 radical (unpaired) electrons. The van der Waals surface area contributed by atoms with Gasteiger partial charge in [0.2, 0.25) is 0 Å². The van der Waals surface area contributed by atoms with Crippen molar-refractivity contribution in [3.8, 4) is 16.9 Å². The fourth-order valence-electron chi connectivity index (χ4n) is 7.14. The fourth-order valence-corrected chi connectivity index (χ4v) is 7.14. The van der Waals surface area contributed by atoms with Crippen LogP contribution in [0.2, 0.25) is 0 Å². The van der Waals surface area contributed by atoms with Gasteiger partial charge in [-0.25, -0.2) is 4.79 Å². The third-order valence-corrected chi connectivity index (χ3v) is 9.12. The number of fused-ring (bicyclic) bond motifs is 7. The van der Waals surface area contributed by atoms with Crippen molar-refractivity contribution in [2.24, 2.45) is 11.8 Å². The average molecular weight is 532 g/mol. The summed E-state index contributed by atoms with van der Waals surface area (Å²) in [5, 5.41) is 4.17. The molecule has 5 atom stereocenters. The quantitative estimate of drug-likeness (QED) is 0.281. The van der Waals surface area contributed by atoms with E-state index < -0.39 is 12.2 Å². The first-order valence-electron chi connectivity index (χ1n) is 14.1. The van der Waals surface area contributed by atoms with Crippen LogP contribution in [0.1, 0.15) is 41.7 Å². The van der Waals surface area contributed by atoms with E-state index in [2.05, 4.69) is 52.1 Å². The van der Waals surface area contributed by atoms with Gasteiger partial charge in [-0.3, -0.25) is 9.88 Å². The highest BCUT2D eigenvalue weighted by Gasteiger charge is 2.44. The average Bonchev–Trinajstić information content (AvgIpc) is 3.32. The summed E-state index contributed by atoms with van der Waals surface area (Å²) >= 11 is 0. The number of hydrogen-bond donors (Lipinski definition) is 1. The molecule has 1 N–H and O–H groups in total. The molecule has 3 fully saturated rings. The summed E-state index contributed by atoms with van der Waals surface area (Å²) in [6.07, 6.45) is 5.13. The molecule has 1 aromatic heterocycles. The topological polar surface area (TPSA) is 63.7 Å². The maximum absolute atomic E-state index is 13.8. The Labute approximate surface area is 234 Å². The second kappa shape index (κ2) is 10.1. The van der Waals surface area contributed by atoms with Gasteiger partial charge in [-0.05, 0) is 77.7 Å². The Balaban J connectivity index is 1.25. The Morgan fingerprint density at radius 1 is 1.07 bits per heavy atom.